The third-order valence-corrected chi connectivity index (χ3v) is 4.34. The van der Waals surface area contributed by atoms with E-state index in [1.165, 1.54) is 5.56 Å². The van der Waals surface area contributed by atoms with Crippen molar-refractivity contribution in [1.29, 1.82) is 0 Å². The maximum absolute atomic E-state index is 12.1. The summed E-state index contributed by atoms with van der Waals surface area (Å²) >= 11 is 0. The van der Waals surface area contributed by atoms with Gasteiger partial charge in [-0.25, -0.2) is 0 Å². The molecule has 0 bridgehead atoms. The first kappa shape index (κ1) is 20.5. The van der Waals surface area contributed by atoms with Gasteiger partial charge in [0, 0.05) is 17.8 Å². The molecule has 0 aromatic heterocycles. The van der Waals surface area contributed by atoms with Gasteiger partial charge in [-0.15, -0.1) is 0 Å². The molecule has 0 aliphatic carbocycles. The highest BCUT2D eigenvalue weighted by atomic mass is 16.5. The van der Waals surface area contributed by atoms with Crippen LogP contribution in [-0.4, -0.2) is 18.4 Å². The molecule has 0 spiro atoms. The van der Waals surface area contributed by atoms with Crippen LogP contribution in [0.4, 0.5) is 11.4 Å². The molecule has 0 saturated carbocycles. The highest BCUT2D eigenvalue weighted by Gasteiger charge is 2.07. The second-order valence-electron chi connectivity index (χ2n) is 6.59. The highest BCUT2D eigenvalue weighted by Crippen LogP contribution is 2.21. The number of amides is 2. The van der Waals surface area contributed by atoms with Gasteiger partial charge in [0.2, 0.25) is 5.91 Å². The number of hydrogen-bond donors (Lipinski definition) is 2. The van der Waals surface area contributed by atoms with Crippen LogP contribution >= 0.6 is 0 Å². The van der Waals surface area contributed by atoms with E-state index in [1.54, 1.807) is 24.3 Å². The Morgan fingerprint density at radius 2 is 1.59 bits per heavy atom. The fraction of sp³-hybridized carbons (Fsp3) is 0.364. The van der Waals surface area contributed by atoms with E-state index in [0.29, 0.717) is 29.5 Å². The number of rotatable bonds is 9. The van der Waals surface area contributed by atoms with E-state index in [-0.39, 0.29) is 18.4 Å². The molecule has 2 aromatic carbocycles. The van der Waals surface area contributed by atoms with Crippen molar-refractivity contribution < 1.29 is 14.3 Å². The van der Waals surface area contributed by atoms with Gasteiger partial charge in [0.05, 0.1) is 0 Å². The summed E-state index contributed by atoms with van der Waals surface area (Å²) in [4.78, 5) is 23.8. The molecule has 0 saturated heterocycles. The molecule has 0 fully saturated rings. The van der Waals surface area contributed by atoms with Gasteiger partial charge in [0.15, 0.2) is 6.61 Å². The average molecular weight is 368 g/mol. The fourth-order valence-corrected chi connectivity index (χ4v) is 2.60. The zero-order valence-electron chi connectivity index (χ0n) is 16.2. The molecule has 27 heavy (non-hydrogen) atoms. The third-order valence-electron chi connectivity index (χ3n) is 4.34. The summed E-state index contributed by atoms with van der Waals surface area (Å²) in [7, 11) is 0. The fourth-order valence-electron chi connectivity index (χ4n) is 2.60. The highest BCUT2D eigenvalue weighted by molar-refractivity contribution is 5.94. The van der Waals surface area contributed by atoms with E-state index in [4.69, 9.17) is 4.74 Å². The summed E-state index contributed by atoms with van der Waals surface area (Å²) < 4.78 is 5.55. The van der Waals surface area contributed by atoms with Crippen LogP contribution in [-0.2, 0) is 9.59 Å². The Morgan fingerprint density at radius 1 is 0.963 bits per heavy atom. The molecule has 2 amide bonds. The minimum absolute atomic E-state index is 0.0369. The maximum Gasteiger partial charge on any atom is 0.262 e. The molecule has 5 heteroatoms. The zero-order valence-corrected chi connectivity index (χ0v) is 16.2. The molecule has 0 unspecified atom stereocenters. The van der Waals surface area contributed by atoms with E-state index >= 15 is 0 Å². The third kappa shape index (κ3) is 6.77. The van der Waals surface area contributed by atoms with E-state index in [0.717, 1.165) is 12.8 Å². The molecule has 0 aliphatic heterocycles. The van der Waals surface area contributed by atoms with Crippen LogP contribution in [0.2, 0.25) is 0 Å². The van der Waals surface area contributed by atoms with E-state index in [1.807, 2.05) is 31.2 Å². The monoisotopic (exact) mass is 368 g/mol. The molecule has 1 atom stereocenters. The van der Waals surface area contributed by atoms with Gasteiger partial charge in [-0.05, 0) is 54.7 Å². The first-order valence-electron chi connectivity index (χ1n) is 9.44. The van der Waals surface area contributed by atoms with Gasteiger partial charge in [0.1, 0.15) is 5.75 Å². The molecule has 2 aromatic rings. The van der Waals surface area contributed by atoms with Crippen LogP contribution in [0.1, 0.15) is 51.5 Å². The van der Waals surface area contributed by atoms with Crippen molar-refractivity contribution in [2.24, 2.45) is 0 Å². The van der Waals surface area contributed by atoms with Crippen molar-refractivity contribution in [2.45, 2.75) is 46.0 Å². The van der Waals surface area contributed by atoms with Crippen molar-refractivity contribution in [3.05, 3.63) is 54.1 Å². The second kappa shape index (κ2) is 10.4. The number of carbonyl (C=O) groups excluding carboxylic acids is 2. The Bertz CT molecular complexity index is 756. The predicted molar refractivity (Wildman–Crippen MR) is 109 cm³/mol. The lowest BCUT2D eigenvalue weighted by molar-refractivity contribution is -0.118. The number of ether oxygens (including phenoxy) is 1. The van der Waals surface area contributed by atoms with Gasteiger partial charge < -0.3 is 15.4 Å². The van der Waals surface area contributed by atoms with Crippen LogP contribution in [0.15, 0.2) is 48.5 Å². The van der Waals surface area contributed by atoms with Crippen molar-refractivity contribution in [2.75, 3.05) is 17.2 Å². The Hall–Kier alpha value is -2.82. The Kier molecular flexibility index (Phi) is 7.86. The van der Waals surface area contributed by atoms with Crippen LogP contribution in [0.3, 0.4) is 0 Å². The van der Waals surface area contributed by atoms with E-state index in [9.17, 15) is 9.59 Å². The number of benzene rings is 2. The molecule has 0 heterocycles. The van der Waals surface area contributed by atoms with E-state index < -0.39 is 0 Å². The summed E-state index contributed by atoms with van der Waals surface area (Å²) in [5.74, 6) is 0.883. The minimum atomic E-state index is -0.252. The zero-order chi connectivity index (χ0) is 19.6. The van der Waals surface area contributed by atoms with Crippen molar-refractivity contribution in [3.8, 4) is 5.75 Å². The number of carbonyl (C=O) groups is 2. The van der Waals surface area contributed by atoms with Gasteiger partial charge in [-0.1, -0.05) is 39.0 Å². The summed E-state index contributed by atoms with van der Waals surface area (Å²) in [5, 5.41) is 5.59. The largest absolute Gasteiger partial charge is 0.484 e. The topological polar surface area (TPSA) is 67.4 Å². The van der Waals surface area contributed by atoms with Crippen LogP contribution in [0.25, 0.3) is 0 Å². The quantitative estimate of drug-likeness (QED) is 0.657. The second-order valence-corrected chi connectivity index (χ2v) is 6.59. The molecule has 0 aliphatic rings. The molecule has 2 N–H and O–H groups in total. The van der Waals surface area contributed by atoms with Gasteiger partial charge >= 0.3 is 0 Å². The smallest absolute Gasteiger partial charge is 0.262 e. The van der Waals surface area contributed by atoms with Gasteiger partial charge in [-0.3, -0.25) is 9.59 Å². The lowest BCUT2D eigenvalue weighted by Gasteiger charge is -2.11. The molecular formula is C22H28N2O3. The van der Waals surface area contributed by atoms with Crippen molar-refractivity contribution in [3.63, 3.8) is 0 Å². The summed E-state index contributed by atoms with van der Waals surface area (Å²) in [6.45, 7) is 6.22. The Labute approximate surface area is 161 Å². The van der Waals surface area contributed by atoms with Crippen molar-refractivity contribution >= 4 is 23.2 Å². The lowest BCUT2D eigenvalue weighted by Crippen LogP contribution is -2.20. The summed E-state index contributed by atoms with van der Waals surface area (Å²) in [6, 6.07) is 14.9. The Balaban J connectivity index is 1.86. The minimum Gasteiger partial charge on any atom is -0.484 e. The van der Waals surface area contributed by atoms with Gasteiger partial charge in [0.25, 0.3) is 5.91 Å². The summed E-state index contributed by atoms with van der Waals surface area (Å²) in [6.07, 6.45) is 2.35. The van der Waals surface area contributed by atoms with Crippen LogP contribution in [0, 0.1) is 0 Å². The van der Waals surface area contributed by atoms with Gasteiger partial charge in [-0.2, -0.15) is 0 Å². The number of nitrogens with one attached hydrogen (secondary N) is 2. The average Bonchev–Trinajstić information content (AvgIpc) is 2.66. The molecule has 144 valence electrons. The maximum atomic E-state index is 12.1. The molecule has 0 radical (unpaired) electrons. The molecule has 2 rings (SSSR count). The van der Waals surface area contributed by atoms with E-state index in [2.05, 4.69) is 24.5 Å². The van der Waals surface area contributed by atoms with Crippen molar-refractivity contribution in [1.82, 2.24) is 0 Å². The Morgan fingerprint density at radius 3 is 2.19 bits per heavy atom. The molecule has 5 nitrogen and oxygen atoms in total. The van der Waals surface area contributed by atoms with Crippen LogP contribution < -0.4 is 15.4 Å². The first-order chi connectivity index (χ1) is 13.0. The SMILES string of the molecule is CCCC(=O)Nc1cccc(NC(=O)COc2ccc([C@@H](C)CC)cc2)c1. The molecular weight excluding hydrogens is 340 g/mol. The normalized spacial score (nSPS) is 11.5. The standard InChI is InChI=1S/C22H28N2O3/c1-4-7-21(25)23-18-8-6-9-19(14-18)24-22(26)15-27-20-12-10-17(11-13-20)16(3)5-2/h6,8-14,16H,4-5,7,15H2,1-3H3,(H,23,25)(H,24,26)/t16-/m0/s1. The number of hydrogen-bond acceptors (Lipinski definition) is 3. The number of anilines is 2. The van der Waals surface area contributed by atoms with Crippen LogP contribution in [0.5, 0.6) is 5.75 Å². The summed E-state index contributed by atoms with van der Waals surface area (Å²) in [5.41, 5.74) is 2.54. The first-order valence-corrected chi connectivity index (χ1v) is 9.44. The lowest BCUT2D eigenvalue weighted by atomic mass is 9.99. The predicted octanol–water partition coefficient (Wildman–Crippen LogP) is 4.96.